The summed E-state index contributed by atoms with van der Waals surface area (Å²) in [4.78, 5) is 45.9. The molecular formula is C22H35N2O9P. The van der Waals surface area contributed by atoms with Gasteiger partial charge in [-0.2, -0.15) is 0 Å². The zero-order valence-corrected chi connectivity index (χ0v) is 21.0. The Labute approximate surface area is 199 Å². The highest BCUT2D eigenvalue weighted by Crippen LogP contribution is 2.50. The molecule has 4 N–H and O–H groups in total. The summed E-state index contributed by atoms with van der Waals surface area (Å²) in [6.07, 6.45) is -3.23. The van der Waals surface area contributed by atoms with E-state index in [4.69, 9.17) is 14.0 Å². The van der Waals surface area contributed by atoms with Gasteiger partial charge in [0.05, 0.1) is 0 Å². The highest BCUT2D eigenvalue weighted by atomic mass is 31.2. The van der Waals surface area contributed by atoms with Crippen LogP contribution in [0.25, 0.3) is 0 Å². The van der Waals surface area contributed by atoms with Crippen LogP contribution >= 0.6 is 7.60 Å². The first-order valence-electron chi connectivity index (χ1n) is 10.9. The van der Waals surface area contributed by atoms with Crippen LogP contribution in [0.3, 0.4) is 0 Å². The number of ether oxygens (including phenoxy) is 2. The second-order valence-electron chi connectivity index (χ2n) is 8.96. The third-order valence-electron chi connectivity index (χ3n) is 4.33. The van der Waals surface area contributed by atoms with Crippen LogP contribution in [-0.4, -0.2) is 52.2 Å². The standard InChI is InChI=1S/C22H35N2O9P/c1-15(2)18(24-21(28)31-14-16-10-7-6-8-11-16)34(29,30)33-17(19(25)26)12-9-13-23-20(27)32-22(3,4)5/h6-8,10-11,15,17-18H,9,12-14H2,1-5H3,(H,23,27)(H,24,28)(H,25,26)(H,29,30)/t17-,18?/m1/s1. The third-order valence-corrected chi connectivity index (χ3v) is 6.31. The molecule has 0 heterocycles. The van der Waals surface area contributed by atoms with Crippen LogP contribution in [-0.2, 0) is 30.0 Å². The summed E-state index contributed by atoms with van der Waals surface area (Å²) in [6.45, 7) is 8.30. The number of nitrogens with one attached hydrogen (secondary N) is 2. The second kappa shape index (κ2) is 13.3. The lowest BCUT2D eigenvalue weighted by molar-refractivity contribution is -0.145. The number of hydrogen-bond donors (Lipinski definition) is 4. The van der Waals surface area contributed by atoms with E-state index in [1.165, 1.54) is 0 Å². The van der Waals surface area contributed by atoms with Gasteiger partial charge in [-0.1, -0.05) is 44.2 Å². The lowest BCUT2D eigenvalue weighted by atomic mass is 10.2. The lowest BCUT2D eigenvalue weighted by Gasteiger charge is -2.28. The summed E-state index contributed by atoms with van der Waals surface area (Å²) in [5.41, 5.74) is 0.0506. The first-order chi connectivity index (χ1) is 15.7. The number of rotatable bonds is 12. The van der Waals surface area contributed by atoms with E-state index in [1.54, 1.807) is 58.9 Å². The van der Waals surface area contributed by atoms with Gasteiger partial charge < -0.3 is 30.1 Å². The minimum atomic E-state index is -4.62. The SMILES string of the molecule is CC(C)C(NC(=O)OCc1ccccc1)P(=O)(O)O[C@H](CCCNC(=O)OC(C)(C)C)C(=O)O. The molecule has 0 aliphatic heterocycles. The molecule has 11 nitrogen and oxygen atoms in total. The maximum atomic E-state index is 12.9. The molecule has 0 saturated carbocycles. The summed E-state index contributed by atoms with van der Waals surface area (Å²) >= 11 is 0. The fourth-order valence-electron chi connectivity index (χ4n) is 2.77. The molecule has 192 valence electrons. The van der Waals surface area contributed by atoms with Crippen LogP contribution in [0.1, 0.15) is 53.0 Å². The molecule has 0 aliphatic rings. The maximum Gasteiger partial charge on any atom is 0.408 e. The number of alkyl carbamates (subject to hydrolysis) is 2. The first-order valence-corrected chi connectivity index (χ1v) is 12.5. The number of aliphatic carboxylic acids is 1. The molecule has 0 spiro atoms. The normalized spacial score (nSPS) is 15.0. The van der Waals surface area contributed by atoms with Gasteiger partial charge >= 0.3 is 25.8 Å². The largest absolute Gasteiger partial charge is 0.479 e. The van der Waals surface area contributed by atoms with Gasteiger partial charge in [0.1, 0.15) is 18.0 Å². The Morgan fingerprint density at radius 3 is 2.24 bits per heavy atom. The number of amides is 2. The predicted molar refractivity (Wildman–Crippen MR) is 124 cm³/mol. The van der Waals surface area contributed by atoms with Crippen molar-refractivity contribution in [3.05, 3.63) is 35.9 Å². The quantitative estimate of drug-likeness (QED) is 0.246. The summed E-state index contributed by atoms with van der Waals surface area (Å²) in [5.74, 6) is -3.40. The average molecular weight is 503 g/mol. The van der Waals surface area contributed by atoms with Gasteiger partial charge in [-0.05, 0) is 45.1 Å². The Balaban J connectivity index is 2.66. The van der Waals surface area contributed by atoms with Crippen molar-refractivity contribution in [2.24, 2.45) is 5.92 Å². The summed E-state index contributed by atoms with van der Waals surface area (Å²) in [7, 11) is -4.62. The monoisotopic (exact) mass is 502 g/mol. The van der Waals surface area contributed by atoms with E-state index >= 15 is 0 Å². The molecule has 1 aromatic rings. The van der Waals surface area contributed by atoms with Crippen molar-refractivity contribution >= 4 is 25.8 Å². The van der Waals surface area contributed by atoms with Gasteiger partial charge in [0, 0.05) is 6.54 Å². The van der Waals surface area contributed by atoms with Crippen molar-refractivity contribution in [2.45, 2.75) is 71.6 Å². The topological polar surface area (TPSA) is 160 Å². The average Bonchev–Trinajstić information content (AvgIpc) is 2.71. The van der Waals surface area contributed by atoms with Gasteiger partial charge in [-0.15, -0.1) is 0 Å². The van der Waals surface area contributed by atoms with Crippen molar-refractivity contribution in [1.82, 2.24) is 10.6 Å². The van der Waals surface area contributed by atoms with Crippen LogP contribution in [0.4, 0.5) is 9.59 Å². The molecule has 12 heteroatoms. The summed E-state index contributed by atoms with van der Waals surface area (Å²) in [5, 5.41) is 14.2. The highest BCUT2D eigenvalue weighted by Gasteiger charge is 2.40. The maximum absolute atomic E-state index is 12.9. The van der Waals surface area contributed by atoms with E-state index in [2.05, 4.69) is 10.6 Å². The predicted octanol–water partition coefficient (Wildman–Crippen LogP) is 3.86. The Morgan fingerprint density at radius 2 is 1.71 bits per heavy atom. The third kappa shape index (κ3) is 11.5. The zero-order chi connectivity index (χ0) is 25.9. The lowest BCUT2D eigenvalue weighted by Crippen LogP contribution is -2.40. The van der Waals surface area contributed by atoms with Crippen LogP contribution in [0.2, 0.25) is 0 Å². The second-order valence-corrected chi connectivity index (χ2v) is 10.9. The van der Waals surface area contributed by atoms with Crippen LogP contribution in [0, 0.1) is 5.92 Å². The minimum absolute atomic E-state index is 0.0452. The first kappa shape index (κ1) is 29.4. The molecule has 0 bridgehead atoms. The van der Waals surface area contributed by atoms with Crippen LogP contribution in [0.5, 0.6) is 0 Å². The van der Waals surface area contributed by atoms with Gasteiger partial charge in [0.15, 0.2) is 6.10 Å². The van der Waals surface area contributed by atoms with Gasteiger partial charge in [0.25, 0.3) is 0 Å². The van der Waals surface area contributed by atoms with Crippen molar-refractivity contribution < 1.29 is 42.9 Å². The van der Waals surface area contributed by atoms with Crippen molar-refractivity contribution in [1.29, 1.82) is 0 Å². The van der Waals surface area contributed by atoms with Crippen molar-refractivity contribution in [3.63, 3.8) is 0 Å². The van der Waals surface area contributed by atoms with E-state index in [-0.39, 0.29) is 26.0 Å². The van der Waals surface area contributed by atoms with E-state index in [1.807, 2.05) is 6.07 Å². The number of benzene rings is 1. The Bertz CT molecular complexity index is 856. The zero-order valence-electron chi connectivity index (χ0n) is 20.1. The Hall–Kier alpha value is -2.62. The molecule has 0 radical (unpaired) electrons. The molecule has 2 unspecified atom stereocenters. The van der Waals surface area contributed by atoms with Crippen LogP contribution in [0.15, 0.2) is 30.3 Å². The van der Waals surface area contributed by atoms with E-state index in [0.29, 0.717) is 0 Å². The smallest absolute Gasteiger partial charge is 0.408 e. The number of hydrogen-bond acceptors (Lipinski definition) is 7. The van der Waals surface area contributed by atoms with Crippen LogP contribution < -0.4 is 10.6 Å². The van der Waals surface area contributed by atoms with Crippen molar-refractivity contribution in [3.8, 4) is 0 Å². The molecule has 2 amide bonds. The highest BCUT2D eigenvalue weighted by molar-refractivity contribution is 7.53. The number of carboxylic acids is 1. The molecule has 1 aromatic carbocycles. The van der Waals surface area contributed by atoms with E-state index in [9.17, 15) is 28.9 Å². The Kier molecular flexibility index (Phi) is 11.5. The summed E-state index contributed by atoms with van der Waals surface area (Å²) in [6, 6.07) is 8.87. The molecule has 34 heavy (non-hydrogen) atoms. The van der Waals surface area contributed by atoms with Crippen molar-refractivity contribution in [2.75, 3.05) is 6.54 Å². The fraction of sp³-hybridized carbons (Fsp3) is 0.591. The number of carbonyl (C=O) groups excluding carboxylic acids is 2. The number of carboxylic acid groups (broad SMARTS) is 1. The molecule has 1 rings (SSSR count). The molecule has 0 fully saturated rings. The van der Waals surface area contributed by atoms with Gasteiger partial charge in [0.2, 0.25) is 0 Å². The fourth-order valence-corrected chi connectivity index (χ4v) is 4.49. The molecule has 0 aliphatic carbocycles. The van der Waals surface area contributed by atoms with Gasteiger partial charge in [-0.3, -0.25) is 9.09 Å². The summed E-state index contributed by atoms with van der Waals surface area (Å²) < 4.78 is 28.1. The number of carbonyl (C=O) groups is 3. The molecule has 0 saturated heterocycles. The minimum Gasteiger partial charge on any atom is -0.479 e. The van der Waals surface area contributed by atoms with Gasteiger partial charge in [-0.25, -0.2) is 14.4 Å². The molecular weight excluding hydrogens is 467 g/mol. The van der Waals surface area contributed by atoms with E-state index < -0.39 is 49.2 Å². The molecule has 0 aromatic heterocycles. The molecule has 3 atom stereocenters. The van der Waals surface area contributed by atoms with E-state index in [0.717, 1.165) is 5.56 Å². The Morgan fingerprint density at radius 1 is 1.09 bits per heavy atom.